The quantitative estimate of drug-likeness (QED) is 0.732. The molecule has 0 aliphatic rings. The lowest BCUT2D eigenvalue weighted by molar-refractivity contribution is 0.0784. The first-order chi connectivity index (χ1) is 11.3. The highest BCUT2D eigenvalue weighted by Gasteiger charge is 2.17. The van der Waals surface area contributed by atoms with Gasteiger partial charge in [0.2, 0.25) is 0 Å². The number of aliphatic hydroxyl groups is 1. The van der Waals surface area contributed by atoms with Crippen molar-refractivity contribution in [2.24, 2.45) is 7.05 Å². The molecule has 0 unspecified atom stereocenters. The fourth-order valence-corrected chi connectivity index (χ4v) is 2.99. The van der Waals surface area contributed by atoms with Gasteiger partial charge in [-0.05, 0) is 25.5 Å². The highest BCUT2D eigenvalue weighted by atomic mass is 35.5. The van der Waals surface area contributed by atoms with Crippen LogP contribution in [0, 0.1) is 0 Å². The van der Waals surface area contributed by atoms with Crippen LogP contribution in [0.15, 0.2) is 42.7 Å². The van der Waals surface area contributed by atoms with E-state index in [2.05, 4.69) is 4.98 Å². The Hall–Kier alpha value is -2.17. The van der Waals surface area contributed by atoms with Crippen LogP contribution in [0.3, 0.4) is 0 Å². The van der Waals surface area contributed by atoms with E-state index in [-0.39, 0.29) is 12.2 Å². The Bertz CT molecular complexity index is 906. The molecule has 0 saturated carbocycles. The molecule has 4 nitrogen and oxygen atoms in total. The van der Waals surface area contributed by atoms with E-state index in [1.807, 2.05) is 23.9 Å². The van der Waals surface area contributed by atoms with Crippen molar-refractivity contribution in [1.82, 2.24) is 9.55 Å². The number of ketones is 1. The van der Waals surface area contributed by atoms with Crippen LogP contribution in [0.25, 0.3) is 10.9 Å². The molecule has 24 heavy (non-hydrogen) atoms. The Morgan fingerprint density at radius 2 is 1.96 bits per heavy atom. The minimum Gasteiger partial charge on any atom is -0.386 e. The first-order valence-corrected chi connectivity index (χ1v) is 8.09. The number of carbonyl (C=O) groups is 1. The molecule has 1 N–H and O–H groups in total. The molecular formula is C19H19ClN2O2. The Labute approximate surface area is 145 Å². The molecule has 3 rings (SSSR count). The van der Waals surface area contributed by atoms with Crippen molar-refractivity contribution in [1.29, 1.82) is 0 Å². The molecule has 0 radical (unpaired) electrons. The van der Waals surface area contributed by atoms with Crippen LogP contribution in [0.4, 0.5) is 0 Å². The highest BCUT2D eigenvalue weighted by molar-refractivity contribution is 6.35. The fraction of sp³-hybridized carbons (Fsp3) is 0.263. The predicted molar refractivity (Wildman–Crippen MR) is 95.4 cm³/mol. The average molecular weight is 343 g/mol. The molecule has 0 fully saturated rings. The van der Waals surface area contributed by atoms with Gasteiger partial charge in [0.05, 0.1) is 28.3 Å². The van der Waals surface area contributed by atoms with Crippen LogP contribution >= 0.6 is 11.6 Å². The summed E-state index contributed by atoms with van der Waals surface area (Å²) in [5.74, 6) is -0.00977. The van der Waals surface area contributed by atoms with Crippen LogP contribution in [-0.2, 0) is 19.1 Å². The number of nitrogens with zero attached hydrogens (tertiary/aromatic N) is 2. The van der Waals surface area contributed by atoms with Gasteiger partial charge in [0.25, 0.3) is 0 Å². The van der Waals surface area contributed by atoms with Crippen LogP contribution in [0.2, 0.25) is 5.02 Å². The second kappa shape index (κ2) is 6.04. The highest BCUT2D eigenvalue weighted by Crippen LogP contribution is 2.25. The lowest BCUT2D eigenvalue weighted by Crippen LogP contribution is -2.15. The van der Waals surface area contributed by atoms with Gasteiger partial charge in [-0.1, -0.05) is 35.9 Å². The third-order valence-corrected chi connectivity index (χ3v) is 4.44. The Morgan fingerprint density at radius 3 is 2.58 bits per heavy atom. The minimum atomic E-state index is -0.917. The SMILES string of the molecule is Cn1cc(Cl)c2cnc(CC(=O)c3ccc(C(C)(C)O)cc3)cc21. The molecule has 2 aromatic heterocycles. The minimum absolute atomic E-state index is 0.00977. The molecule has 0 atom stereocenters. The van der Waals surface area contributed by atoms with E-state index in [4.69, 9.17) is 11.6 Å². The number of halogens is 1. The molecule has 2 heterocycles. The van der Waals surface area contributed by atoms with E-state index in [0.717, 1.165) is 16.5 Å². The third kappa shape index (κ3) is 3.21. The van der Waals surface area contributed by atoms with E-state index in [1.54, 1.807) is 44.3 Å². The second-order valence-electron chi connectivity index (χ2n) is 6.52. The first-order valence-electron chi connectivity index (χ1n) is 7.71. The average Bonchev–Trinajstić information content (AvgIpc) is 2.81. The molecule has 0 bridgehead atoms. The molecule has 124 valence electrons. The summed E-state index contributed by atoms with van der Waals surface area (Å²) in [6.45, 7) is 3.43. The molecule has 5 heteroatoms. The lowest BCUT2D eigenvalue weighted by Gasteiger charge is -2.17. The van der Waals surface area contributed by atoms with Gasteiger partial charge in [0.15, 0.2) is 5.78 Å². The monoisotopic (exact) mass is 342 g/mol. The number of aromatic nitrogens is 2. The van der Waals surface area contributed by atoms with Crippen LogP contribution in [0.5, 0.6) is 0 Å². The molecule has 3 aromatic rings. The maximum absolute atomic E-state index is 12.5. The smallest absolute Gasteiger partial charge is 0.168 e. The van der Waals surface area contributed by atoms with Gasteiger partial charge in [-0.2, -0.15) is 0 Å². The lowest BCUT2D eigenvalue weighted by atomic mass is 9.96. The summed E-state index contributed by atoms with van der Waals surface area (Å²) >= 11 is 6.14. The van der Waals surface area contributed by atoms with Gasteiger partial charge < -0.3 is 9.67 Å². The van der Waals surface area contributed by atoms with E-state index in [0.29, 0.717) is 16.3 Å². The molecule has 0 aliphatic carbocycles. The summed E-state index contributed by atoms with van der Waals surface area (Å²) in [6.07, 6.45) is 3.76. The maximum Gasteiger partial charge on any atom is 0.168 e. The number of fused-ring (bicyclic) bond motifs is 1. The number of benzene rings is 1. The van der Waals surface area contributed by atoms with Crippen LogP contribution in [-0.4, -0.2) is 20.4 Å². The van der Waals surface area contributed by atoms with Gasteiger partial charge >= 0.3 is 0 Å². The Kier molecular flexibility index (Phi) is 4.20. The zero-order chi connectivity index (χ0) is 17.5. The Balaban J connectivity index is 1.83. The summed E-state index contributed by atoms with van der Waals surface area (Å²) in [4.78, 5) is 16.8. The van der Waals surface area contributed by atoms with E-state index in [1.165, 1.54) is 0 Å². The molecular weight excluding hydrogens is 324 g/mol. The van der Waals surface area contributed by atoms with Crippen molar-refractivity contribution in [3.63, 3.8) is 0 Å². The van der Waals surface area contributed by atoms with Crippen molar-refractivity contribution in [2.45, 2.75) is 25.9 Å². The molecule has 0 aliphatic heterocycles. The largest absolute Gasteiger partial charge is 0.386 e. The zero-order valence-electron chi connectivity index (χ0n) is 13.9. The van der Waals surface area contributed by atoms with Crippen molar-refractivity contribution < 1.29 is 9.90 Å². The fourth-order valence-electron chi connectivity index (χ4n) is 2.70. The number of hydrogen-bond acceptors (Lipinski definition) is 3. The van der Waals surface area contributed by atoms with Crippen molar-refractivity contribution in [2.75, 3.05) is 0 Å². The van der Waals surface area contributed by atoms with E-state index in [9.17, 15) is 9.90 Å². The number of rotatable bonds is 4. The van der Waals surface area contributed by atoms with Crippen molar-refractivity contribution >= 4 is 28.3 Å². The number of hydrogen-bond donors (Lipinski definition) is 1. The molecule has 0 spiro atoms. The second-order valence-corrected chi connectivity index (χ2v) is 6.92. The van der Waals surface area contributed by atoms with Crippen molar-refractivity contribution in [3.8, 4) is 0 Å². The maximum atomic E-state index is 12.5. The van der Waals surface area contributed by atoms with Gasteiger partial charge in [0.1, 0.15) is 0 Å². The van der Waals surface area contributed by atoms with Gasteiger partial charge in [-0.15, -0.1) is 0 Å². The topological polar surface area (TPSA) is 55.1 Å². The van der Waals surface area contributed by atoms with E-state index >= 15 is 0 Å². The standard InChI is InChI=1S/C19H19ClN2O2/c1-19(2,24)13-6-4-12(5-7-13)18(23)9-14-8-17-15(10-21-14)16(20)11-22(17)3/h4-8,10-11,24H,9H2,1-3H3. The summed E-state index contributed by atoms with van der Waals surface area (Å²) < 4.78 is 1.92. The molecule has 0 amide bonds. The normalized spacial score (nSPS) is 11.9. The molecule has 1 aromatic carbocycles. The summed E-state index contributed by atoms with van der Waals surface area (Å²) in [5, 5.41) is 11.5. The number of pyridine rings is 1. The third-order valence-electron chi connectivity index (χ3n) is 4.14. The van der Waals surface area contributed by atoms with Gasteiger partial charge in [0, 0.05) is 30.4 Å². The van der Waals surface area contributed by atoms with Gasteiger partial charge in [-0.25, -0.2) is 0 Å². The summed E-state index contributed by atoms with van der Waals surface area (Å²) in [7, 11) is 1.91. The predicted octanol–water partition coefficient (Wildman–Crippen LogP) is 3.88. The Morgan fingerprint density at radius 1 is 1.29 bits per heavy atom. The zero-order valence-corrected chi connectivity index (χ0v) is 14.6. The number of aryl methyl sites for hydroxylation is 1. The van der Waals surface area contributed by atoms with Crippen molar-refractivity contribution in [3.05, 3.63) is 64.6 Å². The van der Waals surface area contributed by atoms with Gasteiger partial charge in [-0.3, -0.25) is 9.78 Å². The van der Waals surface area contributed by atoms with Crippen LogP contribution < -0.4 is 0 Å². The number of Topliss-reactive ketones (excluding diaryl/α,β-unsaturated/α-hetero) is 1. The number of carbonyl (C=O) groups excluding carboxylic acids is 1. The summed E-state index contributed by atoms with van der Waals surface area (Å²) in [6, 6.07) is 8.94. The van der Waals surface area contributed by atoms with E-state index < -0.39 is 5.60 Å². The first kappa shape index (κ1) is 16.7. The summed E-state index contributed by atoms with van der Waals surface area (Å²) in [5.41, 5.74) is 2.12. The van der Waals surface area contributed by atoms with Crippen LogP contribution in [0.1, 0.15) is 35.5 Å². The molecule has 0 saturated heterocycles.